The lowest BCUT2D eigenvalue weighted by Gasteiger charge is -2.34. The Hall–Kier alpha value is -3.85. The number of carbonyl (C=O) groups excluding carboxylic acids is 2. The number of hydrogen-bond donors (Lipinski definition) is 1. The first-order chi connectivity index (χ1) is 21.9. The van der Waals surface area contributed by atoms with Crippen LogP contribution in [0, 0.1) is 13.8 Å². The van der Waals surface area contributed by atoms with Gasteiger partial charge in [-0.05, 0) is 85.8 Å². The molecule has 0 heterocycles. The molecule has 0 spiro atoms. The maximum atomic E-state index is 14.6. The summed E-state index contributed by atoms with van der Waals surface area (Å²) >= 11 is 12.5. The number of benzene rings is 4. The average molecular weight is 681 g/mol. The molecular formula is C36H39Cl2N3O4S. The molecular weight excluding hydrogens is 641 g/mol. The number of nitrogens with zero attached hydrogens (tertiary/aromatic N) is 2. The van der Waals surface area contributed by atoms with E-state index in [0.717, 1.165) is 21.0 Å². The van der Waals surface area contributed by atoms with Crippen LogP contribution in [0.3, 0.4) is 0 Å². The number of hydrogen-bond acceptors (Lipinski definition) is 4. The van der Waals surface area contributed by atoms with Gasteiger partial charge in [0, 0.05) is 19.0 Å². The molecule has 0 aromatic heterocycles. The third kappa shape index (κ3) is 8.90. The fraction of sp³-hybridized carbons (Fsp3) is 0.278. The molecule has 2 amide bonds. The number of rotatable bonds is 13. The molecule has 0 radical (unpaired) electrons. The molecule has 4 aromatic carbocycles. The van der Waals surface area contributed by atoms with E-state index in [2.05, 4.69) is 5.32 Å². The number of halogens is 2. The van der Waals surface area contributed by atoms with Gasteiger partial charge in [0.1, 0.15) is 12.6 Å². The van der Waals surface area contributed by atoms with Crippen LogP contribution >= 0.6 is 23.2 Å². The minimum absolute atomic E-state index is 0.00673. The van der Waals surface area contributed by atoms with Crippen LogP contribution in [0.4, 0.5) is 5.69 Å². The molecule has 1 N–H and O–H groups in total. The molecule has 10 heteroatoms. The molecule has 0 bridgehead atoms. The van der Waals surface area contributed by atoms with Gasteiger partial charge in [-0.3, -0.25) is 13.9 Å². The molecule has 242 valence electrons. The topological polar surface area (TPSA) is 86.8 Å². The summed E-state index contributed by atoms with van der Waals surface area (Å²) in [6.07, 6.45) is 0.908. The lowest BCUT2D eigenvalue weighted by molar-refractivity contribution is -0.140. The van der Waals surface area contributed by atoms with Crippen molar-refractivity contribution in [1.29, 1.82) is 0 Å². The highest BCUT2D eigenvalue weighted by atomic mass is 35.5. The highest BCUT2D eigenvalue weighted by Crippen LogP contribution is 2.28. The number of anilines is 1. The van der Waals surface area contributed by atoms with Gasteiger partial charge in [0.05, 0.1) is 20.6 Å². The molecule has 0 saturated carbocycles. The van der Waals surface area contributed by atoms with Gasteiger partial charge < -0.3 is 10.2 Å². The van der Waals surface area contributed by atoms with Gasteiger partial charge in [-0.2, -0.15) is 0 Å². The van der Waals surface area contributed by atoms with E-state index in [1.54, 1.807) is 48.5 Å². The normalized spacial score (nSPS) is 12.7. The monoisotopic (exact) mass is 679 g/mol. The Morgan fingerprint density at radius 1 is 0.804 bits per heavy atom. The third-order valence-electron chi connectivity index (χ3n) is 7.71. The molecule has 2 atom stereocenters. The Morgan fingerprint density at radius 2 is 1.41 bits per heavy atom. The summed E-state index contributed by atoms with van der Waals surface area (Å²) in [5.41, 5.74) is 3.53. The van der Waals surface area contributed by atoms with Crippen LogP contribution in [-0.2, 0) is 32.6 Å². The van der Waals surface area contributed by atoms with Crippen molar-refractivity contribution in [2.75, 3.05) is 10.8 Å². The summed E-state index contributed by atoms with van der Waals surface area (Å²) in [7, 11) is -4.18. The number of carbonyl (C=O) groups is 2. The standard InChI is InChI=1S/C36H39Cl2N3O4S/c1-5-27(4)39-36(43)34(22-28-12-8-6-9-13-28)40(23-29-16-17-32(37)33(38)21-29)35(42)24-41(30-19-25(2)18-26(3)20-30)46(44,45)31-14-10-7-11-15-31/h6-21,27,34H,5,22-24H2,1-4H3,(H,39,43)/t27-,34+/m1/s1. The van der Waals surface area contributed by atoms with Crippen molar-refractivity contribution < 1.29 is 18.0 Å². The Balaban J connectivity index is 1.84. The van der Waals surface area contributed by atoms with Crippen LogP contribution < -0.4 is 9.62 Å². The summed E-state index contributed by atoms with van der Waals surface area (Å²) in [4.78, 5) is 30.1. The van der Waals surface area contributed by atoms with E-state index in [1.807, 2.05) is 64.1 Å². The highest BCUT2D eigenvalue weighted by Gasteiger charge is 2.35. The van der Waals surface area contributed by atoms with E-state index in [-0.39, 0.29) is 29.8 Å². The largest absolute Gasteiger partial charge is 0.352 e. The SMILES string of the molecule is CC[C@@H](C)NC(=O)[C@H](Cc1ccccc1)N(Cc1ccc(Cl)c(Cl)c1)C(=O)CN(c1cc(C)cc(C)c1)S(=O)(=O)c1ccccc1. The molecule has 4 rings (SSSR count). The van der Waals surface area contributed by atoms with E-state index in [4.69, 9.17) is 23.2 Å². The third-order valence-corrected chi connectivity index (χ3v) is 10.2. The molecule has 0 unspecified atom stereocenters. The number of sulfonamides is 1. The summed E-state index contributed by atoms with van der Waals surface area (Å²) < 4.78 is 29.5. The van der Waals surface area contributed by atoms with Gasteiger partial charge in [-0.1, -0.05) is 90.8 Å². The first-order valence-electron chi connectivity index (χ1n) is 15.1. The first kappa shape index (κ1) is 35.0. The van der Waals surface area contributed by atoms with Crippen molar-refractivity contribution in [3.63, 3.8) is 0 Å². The van der Waals surface area contributed by atoms with E-state index in [0.29, 0.717) is 27.7 Å². The molecule has 7 nitrogen and oxygen atoms in total. The summed E-state index contributed by atoms with van der Waals surface area (Å²) in [5.74, 6) is -0.888. The van der Waals surface area contributed by atoms with Crippen LogP contribution in [0.1, 0.15) is 42.5 Å². The van der Waals surface area contributed by atoms with E-state index < -0.39 is 28.5 Å². The minimum Gasteiger partial charge on any atom is -0.352 e. The van der Waals surface area contributed by atoms with Crippen LogP contribution in [0.25, 0.3) is 0 Å². The van der Waals surface area contributed by atoms with Gasteiger partial charge in [0.2, 0.25) is 11.8 Å². The van der Waals surface area contributed by atoms with Crippen LogP contribution in [0.2, 0.25) is 10.0 Å². The van der Waals surface area contributed by atoms with Crippen molar-refractivity contribution in [1.82, 2.24) is 10.2 Å². The number of amides is 2. The smallest absolute Gasteiger partial charge is 0.264 e. The summed E-state index contributed by atoms with van der Waals surface area (Å²) in [6.45, 7) is 7.06. The minimum atomic E-state index is -4.18. The predicted octanol–water partition coefficient (Wildman–Crippen LogP) is 7.36. The molecule has 0 fully saturated rings. The lowest BCUT2D eigenvalue weighted by atomic mass is 10.0. The van der Waals surface area contributed by atoms with Crippen molar-refractivity contribution in [2.45, 2.75) is 64.1 Å². The fourth-order valence-electron chi connectivity index (χ4n) is 5.17. The Bertz CT molecular complexity index is 1750. The molecule has 0 aliphatic rings. The number of nitrogens with one attached hydrogen (secondary N) is 1. The zero-order valence-electron chi connectivity index (χ0n) is 26.4. The Morgan fingerprint density at radius 3 is 2.00 bits per heavy atom. The predicted molar refractivity (Wildman–Crippen MR) is 186 cm³/mol. The molecule has 46 heavy (non-hydrogen) atoms. The van der Waals surface area contributed by atoms with Gasteiger partial charge in [0.15, 0.2) is 0 Å². The maximum absolute atomic E-state index is 14.6. The maximum Gasteiger partial charge on any atom is 0.264 e. The highest BCUT2D eigenvalue weighted by molar-refractivity contribution is 7.92. The van der Waals surface area contributed by atoms with E-state index >= 15 is 0 Å². The second-order valence-corrected chi connectivity index (χ2v) is 14.1. The zero-order valence-corrected chi connectivity index (χ0v) is 28.7. The molecule has 0 aliphatic carbocycles. The first-order valence-corrected chi connectivity index (χ1v) is 17.3. The lowest BCUT2D eigenvalue weighted by Crippen LogP contribution is -2.54. The quantitative estimate of drug-likeness (QED) is 0.160. The number of aryl methyl sites for hydroxylation is 2. The molecule has 0 aliphatic heterocycles. The zero-order chi connectivity index (χ0) is 33.4. The fourth-order valence-corrected chi connectivity index (χ4v) is 6.91. The molecule has 0 saturated heterocycles. The van der Waals surface area contributed by atoms with Crippen LogP contribution in [0.5, 0.6) is 0 Å². The summed E-state index contributed by atoms with van der Waals surface area (Å²) in [5, 5.41) is 3.70. The second-order valence-electron chi connectivity index (χ2n) is 11.5. The van der Waals surface area contributed by atoms with Crippen LogP contribution in [-0.4, -0.2) is 43.8 Å². The Kier molecular flexibility index (Phi) is 11.9. The summed E-state index contributed by atoms with van der Waals surface area (Å²) in [6, 6.07) is 26.8. The van der Waals surface area contributed by atoms with E-state index in [9.17, 15) is 18.0 Å². The van der Waals surface area contributed by atoms with Crippen molar-refractivity contribution in [2.24, 2.45) is 0 Å². The van der Waals surface area contributed by atoms with E-state index in [1.165, 1.54) is 17.0 Å². The van der Waals surface area contributed by atoms with Gasteiger partial charge in [-0.25, -0.2) is 8.42 Å². The van der Waals surface area contributed by atoms with Gasteiger partial charge >= 0.3 is 0 Å². The van der Waals surface area contributed by atoms with Crippen LogP contribution in [0.15, 0.2) is 102 Å². The van der Waals surface area contributed by atoms with Gasteiger partial charge in [0.25, 0.3) is 10.0 Å². The van der Waals surface area contributed by atoms with Crippen molar-refractivity contribution in [3.05, 3.63) is 129 Å². The van der Waals surface area contributed by atoms with Crippen molar-refractivity contribution >= 4 is 50.7 Å². The second kappa shape index (κ2) is 15.6. The average Bonchev–Trinajstić information content (AvgIpc) is 3.03. The Labute approximate surface area is 282 Å². The molecule has 4 aromatic rings. The van der Waals surface area contributed by atoms with Gasteiger partial charge in [-0.15, -0.1) is 0 Å². The van der Waals surface area contributed by atoms with Crippen molar-refractivity contribution in [3.8, 4) is 0 Å².